The van der Waals surface area contributed by atoms with Crippen LogP contribution in [0, 0.1) is 12.7 Å². The molecular weight excluding hydrogens is 323 g/mol. The van der Waals surface area contributed by atoms with E-state index >= 15 is 0 Å². The number of rotatable bonds is 5. The molecule has 0 aliphatic rings. The number of benzene rings is 2. The minimum atomic E-state index is -0.302. The van der Waals surface area contributed by atoms with Gasteiger partial charge in [-0.3, -0.25) is 4.79 Å². The van der Waals surface area contributed by atoms with E-state index in [-0.39, 0.29) is 18.1 Å². The number of hydrogen-bond donors (Lipinski definition) is 1. The highest BCUT2D eigenvalue weighted by atomic mass is 32.1. The normalized spacial score (nSPS) is 10.6. The molecule has 122 valence electrons. The quantitative estimate of drug-likeness (QED) is 0.759. The molecule has 1 N–H and O–H groups in total. The average Bonchev–Trinajstić information content (AvgIpc) is 3.01. The predicted molar refractivity (Wildman–Crippen MR) is 94.2 cm³/mol. The molecule has 1 aromatic heterocycles. The fraction of sp³-hybridized carbons (Fsp3) is 0.158. The molecule has 0 spiro atoms. The van der Waals surface area contributed by atoms with E-state index in [0.717, 1.165) is 21.8 Å². The lowest BCUT2D eigenvalue weighted by molar-refractivity contribution is -0.120. The summed E-state index contributed by atoms with van der Waals surface area (Å²) in [6.07, 6.45) is 0.220. The minimum Gasteiger partial charge on any atom is -0.352 e. The molecule has 0 radical (unpaired) electrons. The molecule has 0 atom stereocenters. The Balaban J connectivity index is 1.59. The van der Waals surface area contributed by atoms with Crippen LogP contribution in [-0.2, 0) is 17.8 Å². The molecule has 3 aromatic rings. The highest BCUT2D eigenvalue weighted by Crippen LogP contribution is 2.24. The summed E-state index contributed by atoms with van der Waals surface area (Å²) in [4.78, 5) is 16.6. The molecule has 0 unspecified atom stereocenters. The van der Waals surface area contributed by atoms with Crippen molar-refractivity contribution in [3.05, 3.63) is 76.5 Å². The second kappa shape index (κ2) is 7.36. The molecule has 24 heavy (non-hydrogen) atoms. The van der Waals surface area contributed by atoms with Crippen molar-refractivity contribution in [2.75, 3.05) is 0 Å². The maximum absolute atomic E-state index is 13.1. The monoisotopic (exact) mass is 340 g/mol. The molecular formula is C19H17FN2OS. The number of aromatic nitrogens is 1. The van der Waals surface area contributed by atoms with Crippen LogP contribution in [0.3, 0.4) is 0 Å². The average molecular weight is 340 g/mol. The Bertz CT molecular complexity index is 860. The number of nitrogens with one attached hydrogen (secondary N) is 1. The van der Waals surface area contributed by atoms with Crippen LogP contribution in [0.15, 0.2) is 53.9 Å². The lowest BCUT2D eigenvalue weighted by Gasteiger charge is -2.04. The third-order valence-electron chi connectivity index (χ3n) is 3.54. The first-order chi connectivity index (χ1) is 11.6. The Morgan fingerprint density at radius 2 is 2.04 bits per heavy atom. The molecule has 0 saturated heterocycles. The molecule has 3 rings (SSSR count). The van der Waals surface area contributed by atoms with Gasteiger partial charge in [-0.25, -0.2) is 9.37 Å². The Labute approximate surface area is 144 Å². The highest BCUT2D eigenvalue weighted by molar-refractivity contribution is 7.13. The maximum atomic E-state index is 13.1. The van der Waals surface area contributed by atoms with Gasteiger partial charge < -0.3 is 5.32 Å². The third kappa shape index (κ3) is 4.26. The standard InChI is InChI=1S/C19H17FN2OS/c1-13-4-2-6-15(8-13)19-22-17(12-24-19)10-18(23)21-11-14-5-3-7-16(20)9-14/h2-9,12H,10-11H2,1H3,(H,21,23). The zero-order chi connectivity index (χ0) is 16.9. The summed E-state index contributed by atoms with van der Waals surface area (Å²) in [5.74, 6) is -0.426. The number of thiazole rings is 1. The van der Waals surface area contributed by atoms with Gasteiger partial charge in [0, 0.05) is 17.5 Å². The molecule has 5 heteroatoms. The van der Waals surface area contributed by atoms with Gasteiger partial charge in [-0.05, 0) is 30.7 Å². The molecule has 0 bridgehead atoms. The number of amides is 1. The first-order valence-electron chi connectivity index (χ1n) is 7.63. The first-order valence-corrected chi connectivity index (χ1v) is 8.51. The van der Waals surface area contributed by atoms with E-state index < -0.39 is 0 Å². The fourth-order valence-corrected chi connectivity index (χ4v) is 3.19. The van der Waals surface area contributed by atoms with E-state index in [1.807, 2.05) is 30.5 Å². The van der Waals surface area contributed by atoms with Crippen LogP contribution >= 0.6 is 11.3 Å². The zero-order valence-corrected chi connectivity index (χ0v) is 14.1. The maximum Gasteiger partial charge on any atom is 0.226 e. The molecule has 0 aliphatic heterocycles. The van der Waals surface area contributed by atoms with Crippen molar-refractivity contribution >= 4 is 17.2 Å². The summed E-state index contributed by atoms with van der Waals surface area (Å²) in [7, 11) is 0. The van der Waals surface area contributed by atoms with Gasteiger partial charge in [-0.1, -0.05) is 35.9 Å². The zero-order valence-electron chi connectivity index (χ0n) is 13.3. The SMILES string of the molecule is Cc1cccc(-c2nc(CC(=O)NCc3cccc(F)c3)cs2)c1. The van der Waals surface area contributed by atoms with E-state index in [0.29, 0.717) is 6.54 Å². The third-order valence-corrected chi connectivity index (χ3v) is 4.48. The van der Waals surface area contributed by atoms with Crippen molar-refractivity contribution in [1.29, 1.82) is 0 Å². The van der Waals surface area contributed by atoms with Crippen LogP contribution < -0.4 is 5.32 Å². The summed E-state index contributed by atoms with van der Waals surface area (Å²) in [5.41, 5.74) is 3.72. The summed E-state index contributed by atoms with van der Waals surface area (Å²) < 4.78 is 13.1. The van der Waals surface area contributed by atoms with Gasteiger partial charge in [0.2, 0.25) is 5.91 Å². The van der Waals surface area contributed by atoms with E-state index in [1.54, 1.807) is 12.1 Å². The van der Waals surface area contributed by atoms with E-state index in [9.17, 15) is 9.18 Å². The number of carbonyl (C=O) groups excluding carboxylic acids is 1. The Hall–Kier alpha value is -2.53. The highest BCUT2D eigenvalue weighted by Gasteiger charge is 2.09. The van der Waals surface area contributed by atoms with Gasteiger partial charge in [0.25, 0.3) is 0 Å². The largest absolute Gasteiger partial charge is 0.352 e. The van der Waals surface area contributed by atoms with Crippen molar-refractivity contribution in [2.45, 2.75) is 19.9 Å². The molecule has 1 heterocycles. The second-order valence-electron chi connectivity index (χ2n) is 5.60. The Morgan fingerprint density at radius 1 is 1.21 bits per heavy atom. The Morgan fingerprint density at radius 3 is 2.83 bits per heavy atom. The van der Waals surface area contributed by atoms with Gasteiger partial charge in [0.15, 0.2) is 0 Å². The number of hydrogen-bond acceptors (Lipinski definition) is 3. The van der Waals surface area contributed by atoms with Crippen LogP contribution in [0.5, 0.6) is 0 Å². The predicted octanol–water partition coefficient (Wildman–Crippen LogP) is 4.12. The van der Waals surface area contributed by atoms with Crippen LogP contribution in [0.2, 0.25) is 0 Å². The number of carbonyl (C=O) groups is 1. The molecule has 0 aliphatic carbocycles. The smallest absolute Gasteiger partial charge is 0.226 e. The van der Waals surface area contributed by atoms with E-state index in [4.69, 9.17) is 0 Å². The van der Waals surface area contributed by atoms with Gasteiger partial charge in [0.1, 0.15) is 10.8 Å². The van der Waals surface area contributed by atoms with Crippen LogP contribution in [-0.4, -0.2) is 10.9 Å². The molecule has 3 nitrogen and oxygen atoms in total. The summed E-state index contributed by atoms with van der Waals surface area (Å²) in [5, 5.41) is 5.60. The Kier molecular flexibility index (Phi) is 5.01. The van der Waals surface area contributed by atoms with Crippen molar-refractivity contribution in [3.8, 4) is 10.6 Å². The molecule has 2 aromatic carbocycles. The summed E-state index contributed by atoms with van der Waals surface area (Å²) >= 11 is 1.53. The number of halogens is 1. The van der Waals surface area contributed by atoms with E-state index in [1.165, 1.54) is 29.0 Å². The number of aryl methyl sites for hydroxylation is 1. The molecule has 1 amide bonds. The van der Waals surface area contributed by atoms with Crippen molar-refractivity contribution < 1.29 is 9.18 Å². The lowest BCUT2D eigenvalue weighted by Crippen LogP contribution is -2.24. The topological polar surface area (TPSA) is 42.0 Å². The van der Waals surface area contributed by atoms with Crippen LogP contribution in [0.25, 0.3) is 10.6 Å². The van der Waals surface area contributed by atoms with Gasteiger partial charge in [-0.2, -0.15) is 0 Å². The lowest BCUT2D eigenvalue weighted by atomic mass is 10.1. The van der Waals surface area contributed by atoms with Crippen LogP contribution in [0.1, 0.15) is 16.8 Å². The molecule has 0 fully saturated rings. The van der Waals surface area contributed by atoms with Crippen molar-refractivity contribution in [1.82, 2.24) is 10.3 Å². The van der Waals surface area contributed by atoms with Gasteiger partial charge >= 0.3 is 0 Å². The van der Waals surface area contributed by atoms with Gasteiger partial charge in [-0.15, -0.1) is 11.3 Å². The van der Waals surface area contributed by atoms with Crippen LogP contribution in [0.4, 0.5) is 4.39 Å². The van der Waals surface area contributed by atoms with Gasteiger partial charge in [0.05, 0.1) is 12.1 Å². The van der Waals surface area contributed by atoms with Crippen molar-refractivity contribution in [3.63, 3.8) is 0 Å². The van der Waals surface area contributed by atoms with Crippen molar-refractivity contribution in [2.24, 2.45) is 0 Å². The molecule has 0 saturated carbocycles. The summed E-state index contributed by atoms with van der Waals surface area (Å²) in [6, 6.07) is 14.3. The fourth-order valence-electron chi connectivity index (χ4n) is 2.37. The van der Waals surface area contributed by atoms with E-state index in [2.05, 4.69) is 16.4 Å². The first kappa shape index (κ1) is 16.3. The summed E-state index contributed by atoms with van der Waals surface area (Å²) in [6.45, 7) is 2.35. The second-order valence-corrected chi connectivity index (χ2v) is 6.46. The minimum absolute atomic E-state index is 0.125. The number of nitrogens with zero attached hydrogens (tertiary/aromatic N) is 1.